The zero-order valence-electron chi connectivity index (χ0n) is 12.4. The van der Waals surface area contributed by atoms with Crippen molar-refractivity contribution in [2.45, 2.75) is 0 Å². The van der Waals surface area contributed by atoms with Crippen molar-refractivity contribution in [1.29, 1.82) is 0 Å². The quantitative estimate of drug-likeness (QED) is 0.684. The zero-order valence-corrected chi connectivity index (χ0v) is 13.9. The Morgan fingerprint density at radius 2 is 1.74 bits per heavy atom. The largest absolute Gasteiger partial charge is 0.366 e. The average molecular weight is 348 g/mol. The Labute approximate surface area is 142 Å². The molecule has 3 aromatic rings. The molecule has 1 fully saturated rings. The molecular formula is C17H15ClFN3S. The van der Waals surface area contributed by atoms with Crippen molar-refractivity contribution < 1.29 is 4.39 Å². The second kappa shape index (κ2) is 5.98. The Kier molecular flexibility index (Phi) is 3.83. The van der Waals surface area contributed by atoms with Crippen LogP contribution in [0.2, 0.25) is 5.02 Å². The molecule has 0 bridgehead atoms. The van der Waals surface area contributed by atoms with Gasteiger partial charge in [0, 0.05) is 31.2 Å². The van der Waals surface area contributed by atoms with Gasteiger partial charge < -0.3 is 9.80 Å². The van der Waals surface area contributed by atoms with E-state index in [1.54, 1.807) is 17.4 Å². The number of para-hydroxylation sites is 1. The molecule has 1 aliphatic heterocycles. The molecule has 3 nitrogen and oxygen atoms in total. The first-order valence-electron chi connectivity index (χ1n) is 7.51. The molecule has 1 aromatic heterocycles. The number of fused-ring (bicyclic) bond motifs is 1. The minimum absolute atomic E-state index is 0.157. The molecule has 23 heavy (non-hydrogen) atoms. The number of benzene rings is 2. The molecule has 2 heterocycles. The lowest BCUT2D eigenvalue weighted by molar-refractivity contribution is 0.597. The fraction of sp³-hybridized carbons (Fsp3) is 0.235. The molecule has 1 saturated heterocycles. The van der Waals surface area contributed by atoms with E-state index in [0.717, 1.165) is 46.5 Å². The standard InChI is InChI=1S/C17H15ClFN3S/c18-12-5-6-14-16(11-12)23-17(20-14)22-9-7-21(8-10-22)15-4-2-1-3-13(15)19/h1-6,11H,7-10H2. The van der Waals surface area contributed by atoms with E-state index in [4.69, 9.17) is 11.6 Å². The molecule has 118 valence electrons. The minimum atomic E-state index is -0.157. The van der Waals surface area contributed by atoms with Gasteiger partial charge in [-0.2, -0.15) is 0 Å². The van der Waals surface area contributed by atoms with Crippen LogP contribution in [-0.2, 0) is 0 Å². The number of anilines is 2. The van der Waals surface area contributed by atoms with Crippen LogP contribution in [0.4, 0.5) is 15.2 Å². The fourth-order valence-electron chi connectivity index (χ4n) is 2.87. The summed E-state index contributed by atoms with van der Waals surface area (Å²) in [6.45, 7) is 3.25. The summed E-state index contributed by atoms with van der Waals surface area (Å²) >= 11 is 7.69. The second-order valence-corrected chi connectivity index (χ2v) is 6.98. The van der Waals surface area contributed by atoms with Gasteiger partial charge in [-0.3, -0.25) is 0 Å². The van der Waals surface area contributed by atoms with Crippen molar-refractivity contribution in [2.24, 2.45) is 0 Å². The maximum Gasteiger partial charge on any atom is 0.186 e. The summed E-state index contributed by atoms with van der Waals surface area (Å²) in [5, 5.41) is 1.74. The number of thiazole rings is 1. The monoisotopic (exact) mass is 347 g/mol. The van der Waals surface area contributed by atoms with E-state index in [1.807, 2.05) is 30.3 Å². The molecule has 0 saturated carbocycles. The Hall–Kier alpha value is -1.85. The van der Waals surface area contributed by atoms with E-state index in [0.29, 0.717) is 5.69 Å². The summed E-state index contributed by atoms with van der Waals surface area (Å²) in [5.74, 6) is -0.157. The smallest absolute Gasteiger partial charge is 0.186 e. The van der Waals surface area contributed by atoms with Crippen LogP contribution in [0.3, 0.4) is 0 Å². The zero-order chi connectivity index (χ0) is 15.8. The Balaban J connectivity index is 1.51. The van der Waals surface area contributed by atoms with Crippen LogP contribution < -0.4 is 9.80 Å². The van der Waals surface area contributed by atoms with Crippen LogP contribution in [0.15, 0.2) is 42.5 Å². The maximum absolute atomic E-state index is 13.9. The number of nitrogens with zero attached hydrogens (tertiary/aromatic N) is 3. The number of hydrogen-bond donors (Lipinski definition) is 0. The van der Waals surface area contributed by atoms with Crippen molar-refractivity contribution in [3.8, 4) is 0 Å². The number of hydrogen-bond acceptors (Lipinski definition) is 4. The van der Waals surface area contributed by atoms with Crippen LogP contribution >= 0.6 is 22.9 Å². The number of aromatic nitrogens is 1. The van der Waals surface area contributed by atoms with E-state index in [2.05, 4.69) is 14.8 Å². The molecule has 0 amide bonds. The Morgan fingerprint density at radius 1 is 1.00 bits per heavy atom. The van der Waals surface area contributed by atoms with Gasteiger partial charge in [-0.05, 0) is 30.3 Å². The highest BCUT2D eigenvalue weighted by Gasteiger charge is 2.21. The molecule has 0 unspecified atom stereocenters. The first-order valence-corrected chi connectivity index (χ1v) is 8.71. The first kappa shape index (κ1) is 14.7. The number of rotatable bonds is 2. The second-order valence-electron chi connectivity index (χ2n) is 5.53. The molecule has 0 atom stereocenters. The predicted octanol–water partition coefficient (Wildman–Crippen LogP) is 4.42. The van der Waals surface area contributed by atoms with Gasteiger partial charge in [-0.1, -0.05) is 35.1 Å². The van der Waals surface area contributed by atoms with Gasteiger partial charge in [-0.25, -0.2) is 9.37 Å². The van der Waals surface area contributed by atoms with Crippen LogP contribution in [0.5, 0.6) is 0 Å². The van der Waals surface area contributed by atoms with Crippen molar-refractivity contribution in [3.63, 3.8) is 0 Å². The minimum Gasteiger partial charge on any atom is -0.366 e. The molecule has 0 spiro atoms. The van der Waals surface area contributed by atoms with E-state index < -0.39 is 0 Å². The summed E-state index contributed by atoms with van der Waals surface area (Å²) in [7, 11) is 0. The normalized spacial score (nSPS) is 15.4. The SMILES string of the molecule is Fc1ccccc1N1CCN(c2nc3ccc(Cl)cc3s2)CC1. The Bertz CT molecular complexity index is 843. The fourth-order valence-corrected chi connectivity index (χ4v) is 4.16. The van der Waals surface area contributed by atoms with E-state index in [9.17, 15) is 4.39 Å². The topological polar surface area (TPSA) is 19.4 Å². The third kappa shape index (κ3) is 2.86. The molecule has 4 rings (SSSR count). The molecular weight excluding hydrogens is 333 g/mol. The van der Waals surface area contributed by atoms with Gasteiger partial charge in [0.25, 0.3) is 0 Å². The summed E-state index contributed by atoms with van der Waals surface area (Å²) < 4.78 is 15.0. The van der Waals surface area contributed by atoms with E-state index in [1.165, 1.54) is 6.07 Å². The van der Waals surface area contributed by atoms with Crippen LogP contribution in [0.1, 0.15) is 0 Å². The summed E-state index contributed by atoms with van der Waals surface area (Å²) in [6.07, 6.45) is 0. The Morgan fingerprint density at radius 3 is 2.52 bits per heavy atom. The number of piperazine rings is 1. The van der Waals surface area contributed by atoms with Crippen LogP contribution in [0, 0.1) is 5.82 Å². The lowest BCUT2D eigenvalue weighted by Crippen LogP contribution is -2.46. The van der Waals surface area contributed by atoms with Gasteiger partial charge in [-0.15, -0.1) is 0 Å². The van der Waals surface area contributed by atoms with Gasteiger partial charge >= 0.3 is 0 Å². The van der Waals surface area contributed by atoms with Crippen molar-refractivity contribution >= 4 is 44.0 Å². The predicted molar refractivity (Wildman–Crippen MR) is 95.5 cm³/mol. The maximum atomic E-state index is 13.9. The molecule has 0 N–H and O–H groups in total. The summed E-state index contributed by atoms with van der Waals surface area (Å²) in [4.78, 5) is 9.04. The van der Waals surface area contributed by atoms with Crippen molar-refractivity contribution in [1.82, 2.24) is 4.98 Å². The lowest BCUT2D eigenvalue weighted by Gasteiger charge is -2.36. The highest BCUT2D eigenvalue weighted by atomic mass is 35.5. The first-order chi connectivity index (χ1) is 11.2. The number of halogens is 2. The lowest BCUT2D eigenvalue weighted by atomic mass is 10.2. The van der Waals surface area contributed by atoms with Gasteiger partial charge in [0.1, 0.15) is 5.82 Å². The van der Waals surface area contributed by atoms with Crippen LogP contribution in [0.25, 0.3) is 10.2 Å². The van der Waals surface area contributed by atoms with E-state index >= 15 is 0 Å². The van der Waals surface area contributed by atoms with Crippen molar-refractivity contribution in [2.75, 3.05) is 36.0 Å². The van der Waals surface area contributed by atoms with Crippen LogP contribution in [-0.4, -0.2) is 31.2 Å². The summed E-state index contributed by atoms with van der Waals surface area (Å²) in [5.41, 5.74) is 1.66. The van der Waals surface area contributed by atoms with Gasteiger partial charge in [0.2, 0.25) is 0 Å². The van der Waals surface area contributed by atoms with Crippen molar-refractivity contribution in [3.05, 3.63) is 53.3 Å². The average Bonchev–Trinajstić information content (AvgIpc) is 2.98. The molecule has 0 aliphatic carbocycles. The highest BCUT2D eigenvalue weighted by Crippen LogP contribution is 2.31. The molecule has 1 aliphatic rings. The third-order valence-corrected chi connectivity index (χ3v) is 5.40. The molecule has 6 heteroatoms. The summed E-state index contributed by atoms with van der Waals surface area (Å²) in [6, 6.07) is 12.7. The molecule has 0 radical (unpaired) electrons. The van der Waals surface area contributed by atoms with Gasteiger partial charge in [0.05, 0.1) is 15.9 Å². The van der Waals surface area contributed by atoms with E-state index in [-0.39, 0.29) is 5.82 Å². The van der Waals surface area contributed by atoms with Gasteiger partial charge in [0.15, 0.2) is 5.13 Å². The third-order valence-electron chi connectivity index (χ3n) is 4.08. The highest BCUT2D eigenvalue weighted by molar-refractivity contribution is 7.22. The molecule has 2 aromatic carbocycles.